The second kappa shape index (κ2) is 7.16. The summed E-state index contributed by atoms with van der Waals surface area (Å²) < 4.78 is 0. The predicted octanol–water partition coefficient (Wildman–Crippen LogP) is 1.57. The van der Waals surface area contributed by atoms with Crippen molar-refractivity contribution in [3.63, 3.8) is 0 Å². The van der Waals surface area contributed by atoms with Crippen LogP contribution in [0.3, 0.4) is 0 Å². The Morgan fingerprint density at radius 1 is 1.20 bits per heavy atom. The van der Waals surface area contributed by atoms with Crippen molar-refractivity contribution >= 4 is 30.7 Å². The summed E-state index contributed by atoms with van der Waals surface area (Å²) in [5.74, 6) is 0.315. The van der Waals surface area contributed by atoms with Gasteiger partial charge >= 0.3 is 0 Å². The summed E-state index contributed by atoms with van der Waals surface area (Å²) in [7, 11) is 3.53. The van der Waals surface area contributed by atoms with Crippen LogP contribution in [-0.4, -0.2) is 24.9 Å². The molecule has 0 bridgehead atoms. The highest BCUT2D eigenvalue weighted by molar-refractivity contribution is 5.85. The van der Waals surface area contributed by atoms with Gasteiger partial charge in [0, 0.05) is 20.0 Å². The first-order valence-electron chi connectivity index (χ1n) is 2.77. The molecular weight excluding hydrogens is 173 g/mol. The van der Waals surface area contributed by atoms with Crippen molar-refractivity contribution in [3.05, 3.63) is 0 Å². The Morgan fingerprint density at radius 2 is 1.50 bits per heavy atom. The lowest BCUT2D eigenvalue weighted by atomic mass is 10.2. The molecule has 0 N–H and O–H groups in total. The van der Waals surface area contributed by atoms with Gasteiger partial charge in [0.25, 0.3) is 0 Å². The van der Waals surface area contributed by atoms with E-state index in [9.17, 15) is 4.79 Å². The van der Waals surface area contributed by atoms with Gasteiger partial charge in [-0.05, 0) is 0 Å². The van der Waals surface area contributed by atoms with Crippen LogP contribution in [0.1, 0.15) is 13.8 Å². The van der Waals surface area contributed by atoms with Crippen LogP contribution in [0.5, 0.6) is 0 Å². The lowest BCUT2D eigenvalue weighted by Gasteiger charge is -2.11. The van der Waals surface area contributed by atoms with E-state index >= 15 is 0 Å². The molecule has 10 heavy (non-hydrogen) atoms. The van der Waals surface area contributed by atoms with Crippen LogP contribution in [0.25, 0.3) is 0 Å². The predicted molar refractivity (Wildman–Crippen MR) is 48.0 cm³/mol. The minimum absolute atomic E-state index is 0. The molecule has 0 radical (unpaired) electrons. The van der Waals surface area contributed by atoms with Crippen LogP contribution < -0.4 is 0 Å². The molecule has 0 unspecified atom stereocenters. The molecule has 0 saturated heterocycles. The maximum atomic E-state index is 10.8. The van der Waals surface area contributed by atoms with E-state index in [1.165, 1.54) is 0 Å². The van der Waals surface area contributed by atoms with Gasteiger partial charge in [0.05, 0.1) is 0 Å². The lowest BCUT2D eigenvalue weighted by molar-refractivity contribution is -0.131. The summed E-state index contributed by atoms with van der Waals surface area (Å²) >= 11 is 0. The second-order valence-corrected chi connectivity index (χ2v) is 2.39. The molecular formula is C6H15Cl2NO. The zero-order valence-electron chi connectivity index (χ0n) is 6.75. The van der Waals surface area contributed by atoms with Gasteiger partial charge in [-0.1, -0.05) is 13.8 Å². The number of hydrogen-bond donors (Lipinski definition) is 0. The smallest absolute Gasteiger partial charge is 0.224 e. The quantitative estimate of drug-likeness (QED) is 0.611. The molecule has 0 aliphatic heterocycles. The number of nitrogens with zero attached hydrogens (tertiary/aromatic N) is 1. The Kier molecular flexibility index (Phi) is 11.9. The monoisotopic (exact) mass is 187 g/mol. The first-order chi connectivity index (χ1) is 3.55. The van der Waals surface area contributed by atoms with E-state index in [2.05, 4.69) is 0 Å². The molecule has 0 heterocycles. The van der Waals surface area contributed by atoms with Gasteiger partial charge in [0.1, 0.15) is 0 Å². The van der Waals surface area contributed by atoms with E-state index in [-0.39, 0.29) is 36.6 Å². The molecule has 0 aromatic carbocycles. The highest BCUT2D eigenvalue weighted by Crippen LogP contribution is 1.94. The molecule has 64 valence electrons. The van der Waals surface area contributed by atoms with Crippen LogP contribution in [0.2, 0.25) is 0 Å². The molecule has 0 fully saturated rings. The molecule has 0 aromatic rings. The number of halogens is 2. The highest BCUT2D eigenvalue weighted by Gasteiger charge is 2.06. The van der Waals surface area contributed by atoms with Gasteiger partial charge in [0.15, 0.2) is 0 Å². The summed E-state index contributed by atoms with van der Waals surface area (Å²) in [6, 6.07) is 0. The summed E-state index contributed by atoms with van der Waals surface area (Å²) in [5.41, 5.74) is 0. The minimum Gasteiger partial charge on any atom is -0.349 e. The molecule has 0 aromatic heterocycles. The SMILES string of the molecule is CC(C)C(=O)N(C)C.Cl.Cl. The second-order valence-electron chi connectivity index (χ2n) is 2.39. The number of carbonyl (C=O) groups excluding carboxylic acids is 1. The van der Waals surface area contributed by atoms with E-state index in [1.54, 1.807) is 19.0 Å². The fourth-order valence-electron chi connectivity index (χ4n) is 0.516. The lowest BCUT2D eigenvalue weighted by Crippen LogP contribution is -2.26. The fraction of sp³-hybridized carbons (Fsp3) is 0.833. The van der Waals surface area contributed by atoms with Crippen molar-refractivity contribution in [1.29, 1.82) is 0 Å². The van der Waals surface area contributed by atoms with Crippen molar-refractivity contribution < 1.29 is 4.79 Å². The van der Waals surface area contributed by atoms with Crippen molar-refractivity contribution in [2.75, 3.05) is 14.1 Å². The third kappa shape index (κ3) is 6.17. The maximum absolute atomic E-state index is 10.8. The standard InChI is InChI=1S/C6H13NO.2ClH/c1-5(2)6(8)7(3)4;;/h5H,1-4H3;2*1H. The van der Waals surface area contributed by atoms with Gasteiger partial charge < -0.3 is 4.90 Å². The van der Waals surface area contributed by atoms with Crippen LogP contribution in [-0.2, 0) is 4.79 Å². The molecule has 0 atom stereocenters. The first kappa shape index (κ1) is 16.6. The molecule has 4 heteroatoms. The zero-order chi connectivity index (χ0) is 6.73. The number of hydrogen-bond acceptors (Lipinski definition) is 1. The van der Waals surface area contributed by atoms with E-state index in [1.807, 2.05) is 13.8 Å². The van der Waals surface area contributed by atoms with Crippen LogP contribution in [0, 0.1) is 5.92 Å². The third-order valence-corrected chi connectivity index (χ3v) is 0.935. The van der Waals surface area contributed by atoms with Crippen LogP contribution in [0.15, 0.2) is 0 Å². The largest absolute Gasteiger partial charge is 0.349 e. The third-order valence-electron chi connectivity index (χ3n) is 0.935. The molecule has 0 spiro atoms. The number of amides is 1. The van der Waals surface area contributed by atoms with Gasteiger partial charge in [0.2, 0.25) is 5.91 Å². The Bertz CT molecular complexity index is 83.7. The molecule has 1 amide bonds. The first-order valence-corrected chi connectivity index (χ1v) is 2.77. The summed E-state index contributed by atoms with van der Waals surface area (Å²) in [4.78, 5) is 12.4. The molecule has 0 aliphatic carbocycles. The van der Waals surface area contributed by atoms with Gasteiger partial charge in [-0.15, -0.1) is 24.8 Å². The number of carbonyl (C=O) groups is 1. The Balaban J connectivity index is -0.000000245. The van der Waals surface area contributed by atoms with E-state index in [0.717, 1.165) is 0 Å². The van der Waals surface area contributed by atoms with Crippen LogP contribution in [0.4, 0.5) is 0 Å². The van der Waals surface area contributed by atoms with Crippen molar-refractivity contribution in [2.24, 2.45) is 5.92 Å². The topological polar surface area (TPSA) is 20.3 Å². The maximum Gasteiger partial charge on any atom is 0.224 e. The van der Waals surface area contributed by atoms with Gasteiger partial charge in [-0.25, -0.2) is 0 Å². The average Bonchev–Trinajstić information content (AvgIpc) is 1.64. The summed E-state index contributed by atoms with van der Waals surface area (Å²) in [6.07, 6.45) is 0. The average molecular weight is 188 g/mol. The Labute approximate surface area is 74.8 Å². The highest BCUT2D eigenvalue weighted by atomic mass is 35.5. The van der Waals surface area contributed by atoms with Crippen molar-refractivity contribution in [2.45, 2.75) is 13.8 Å². The van der Waals surface area contributed by atoms with Crippen LogP contribution >= 0.6 is 24.8 Å². The Hall–Kier alpha value is 0.0500. The zero-order valence-corrected chi connectivity index (χ0v) is 8.38. The summed E-state index contributed by atoms with van der Waals surface area (Å²) in [6.45, 7) is 3.78. The molecule has 0 aliphatic rings. The van der Waals surface area contributed by atoms with E-state index in [0.29, 0.717) is 0 Å². The fourth-order valence-corrected chi connectivity index (χ4v) is 0.516. The Morgan fingerprint density at radius 3 is 1.50 bits per heavy atom. The van der Waals surface area contributed by atoms with Crippen molar-refractivity contribution in [1.82, 2.24) is 4.90 Å². The van der Waals surface area contributed by atoms with Gasteiger partial charge in [-0.2, -0.15) is 0 Å². The summed E-state index contributed by atoms with van der Waals surface area (Å²) in [5, 5.41) is 0. The minimum atomic E-state index is 0. The van der Waals surface area contributed by atoms with E-state index in [4.69, 9.17) is 0 Å². The number of rotatable bonds is 1. The molecule has 0 rings (SSSR count). The molecule has 0 saturated carbocycles. The van der Waals surface area contributed by atoms with Gasteiger partial charge in [-0.3, -0.25) is 4.79 Å². The normalized spacial score (nSPS) is 7.70. The van der Waals surface area contributed by atoms with E-state index < -0.39 is 0 Å². The van der Waals surface area contributed by atoms with Crippen molar-refractivity contribution in [3.8, 4) is 0 Å². The molecule has 2 nitrogen and oxygen atoms in total.